The number of hydrogen-bond acceptors (Lipinski definition) is 5. The van der Waals surface area contributed by atoms with Gasteiger partial charge in [-0.25, -0.2) is 15.0 Å². The minimum atomic E-state index is -0.0407. The Hall–Kier alpha value is -9.14. The minimum absolute atomic E-state index is 0.0407. The molecule has 4 N–H and O–H groups in total. The van der Waals surface area contributed by atoms with Crippen LogP contribution in [0.4, 0.5) is 0 Å². The third kappa shape index (κ3) is 12.1. The van der Waals surface area contributed by atoms with Crippen LogP contribution < -0.4 is 5.32 Å². The molecule has 4 aromatic carbocycles. The van der Waals surface area contributed by atoms with Gasteiger partial charge in [-0.15, -0.1) is 0 Å². The molecule has 6 aliphatic heterocycles. The summed E-state index contributed by atoms with van der Waals surface area (Å²) in [4.78, 5) is 35.9. The number of rotatable bonds is 20. The lowest BCUT2D eigenvalue weighted by Crippen LogP contribution is -2.30. The van der Waals surface area contributed by atoms with E-state index in [-0.39, 0.29) is 6.04 Å². The van der Waals surface area contributed by atoms with Crippen LogP contribution in [0.5, 0.6) is 0 Å². The van der Waals surface area contributed by atoms with Crippen molar-refractivity contribution in [3.05, 3.63) is 282 Å². The molecular weight excluding hydrogens is 1120 g/mol. The molecule has 7 aromatic rings. The molecule has 466 valence electrons. The normalized spacial score (nSPS) is 20.3. The van der Waals surface area contributed by atoms with Gasteiger partial charge in [-0.3, -0.25) is 4.99 Å². The number of aromatic amines is 3. The Labute approximate surface area is 546 Å². The summed E-state index contributed by atoms with van der Waals surface area (Å²) in [6.07, 6.45) is 25.6. The number of allylic oxidation sites excluding steroid dienone is 8. The average molecular weight is 1210 g/mol. The summed E-state index contributed by atoms with van der Waals surface area (Å²) in [6.45, 7) is 18.4. The highest BCUT2D eigenvalue weighted by atomic mass is 15.0. The predicted octanol–water partition coefficient (Wildman–Crippen LogP) is 21.1. The summed E-state index contributed by atoms with van der Waals surface area (Å²) in [5.74, 6) is 0. The van der Waals surface area contributed by atoms with Crippen LogP contribution in [0.25, 0.3) is 33.7 Å². The lowest BCUT2D eigenvalue weighted by molar-refractivity contribution is 0.762. The molecule has 0 aliphatic carbocycles. The van der Waals surface area contributed by atoms with E-state index in [1.165, 1.54) is 50.3 Å². The topological polar surface area (TPSA) is 109 Å². The highest BCUT2D eigenvalue weighted by Gasteiger charge is 2.36. The first-order valence-corrected chi connectivity index (χ1v) is 34.8. The molecule has 0 saturated carbocycles. The fourth-order valence-corrected chi connectivity index (χ4v) is 14.8. The summed E-state index contributed by atoms with van der Waals surface area (Å²) in [6, 6.07) is 51.2. The van der Waals surface area contributed by atoms with Gasteiger partial charge in [-0.05, 0) is 167 Å². The van der Waals surface area contributed by atoms with Crippen LogP contribution in [0.1, 0.15) is 207 Å². The highest BCUT2D eigenvalue weighted by molar-refractivity contribution is 6.52. The van der Waals surface area contributed by atoms with Crippen molar-refractivity contribution in [2.24, 2.45) is 20.0 Å². The van der Waals surface area contributed by atoms with E-state index in [0.29, 0.717) is 0 Å². The summed E-state index contributed by atoms with van der Waals surface area (Å²) in [5, 5.41) is 4.26. The maximum absolute atomic E-state index is 5.92. The Kier molecular flexibility index (Phi) is 18.6. The van der Waals surface area contributed by atoms with Gasteiger partial charge >= 0.3 is 0 Å². The number of benzene rings is 4. The van der Waals surface area contributed by atoms with E-state index < -0.39 is 0 Å². The van der Waals surface area contributed by atoms with Crippen LogP contribution in [0, 0.1) is 0 Å². The molecule has 1 atom stereocenters. The third-order valence-corrected chi connectivity index (χ3v) is 18.8. The van der Waals surface area contributed by atoms with Gasteiger partial charge in [0.2, 0.25) is 0 Å². The van der Waals surface area contributed by atoms with E-state index in [4.69, 9.17) is 20.0 Å². The molecule has 16 bridgehead atoms. The molecule has 1 unspecified atom stereocenters. The maximum atomic E-state index is 5.92. The number of nitrogens with zero attached hydrogens (tertiary/aromatic N) is 4. The van der Waals surface area contributed by atoms with Crippen LogP contribution in [-0.2, 0) is 19.3 Å². The van der Waals surface area contributed by atoms with E-state index in [1.54, 1.807) is 0 Å². The number of nitrogens with one attached hydrogen (secondary N) is 4. The van der Waals surface area contributed by atoms with E-state index in [2.05, 4.69) is 239 Å². The van der Waals surface area contributed by atoms with Crippen molar-refractivity contribution >= 4 is 45.1 Å². The SMILES string of the molecule is CCCC1=CC2=N/C1=C(/c1ccccc1)C1=C(CCC)CC(N1)C1=N/C(=C(\c3ccccc3)c3[nH]c(cc3CCC)-c3cc(CCC)c([nH]3)/C(c3ccccc3)=C3\N=C(C=C3CCC)c3cc(CCC)c([nH]3)/C(c3ccccc3)=C3\N=C2C=C3CCC)C(CCC)=C1. The van der Waals surface area contributed by atoms with Crippen LogP contribution in [0.2, 0.25) is 0 Å². The molecule has 0 radical (unpaired) electrons. The largest absolute Gasteiger partial charge is 0.376 e. The smallest absolute Gasteiger partial charge is 0.0897 e. The van der Waals surface area contributed by atoms with E-state index >= 15 is 0 Å². The highest BCUT2D eigenvalue weighted by Crippen LogP contribution is 2.46. The van der Waals surface area contributed by atoms with Gasteiger partial charge in [0, 0.05) is 28.0 Å². The zero-order valence-corrected chi connectivity index (χ0v) is 55.5. The second-order valence-corrected chi connectivity index (χ2v) is 25.7. The van der Waals surface area contributed by atoms with Gasteiger partial charge in [-0.1, -0.05) is 228 Å². The Morgan fingerprint density at radius 3 is 1.07 bits per heavy atom. The first-order chi connectivity index (χ1) is 45.3. The standard InChI is InChI=1S/C84H90N8/c1-9-29-57-45-65-66-46-59(31-11-3)79(86-66)74(54-39-23-18-24-40-54)80-61(33-13-5)49-69(89-80)70-50-63(35-15-7)83(90-70)76(56-43-27-20-28-44-56)84-64(36-16-8)52-72(92-84)71-51-62(34-14-6)82(91-71)75(55-41-25-19-26-42-55)81-60(32-12-4)48-68(88-81)67-47-58(30-10-2)78(87-67)73(77(57)85-65)53-37-21-17-22-38-53/h17-28,37-51,72,86-88,92H,9-16,29-36,52H2,1-8H3/b77-73-,80-74-,82-75+,83-76-. The van der Waals surface area contributed by atoms with Gasteiger partial charge in [0.25, 0.3) is 0 Å². The van der Waals surface area contributed by atoms with Crippen LogP contribution in [0.15, 0.2) is 240 Å². The van der Waals surface area contributed by atoms with Crippen LogP contribution in [0.3, 0.4) is 0 Å². The van der Waals surface area contributed by atoms with Gasteiger partial charge in [0.05, 0.1) is 85.8 Å². The summed E-state index contributed by atoms with van der Waals surface area (Å²) in [5.41, 5.74) is 35.1. The Morgan fingerprint density at radius 2 is 0.663 bits per heavy atom. The Balaban J connectivity index is 1.12. The van der Waals surface area contributed by atoms with Crippen LogP contribution >= 0.6 is 0 Å². The lowest BCUT2D eigenvalue weighted by atomic mass is 9.92. The molecular formula is C84H90N8. The zero-order valence-electron chi connectivity index (χ0n) is 55.5. The molecule has 3 aromatic heterocycles. The van der Waals surface area contributed by atoms with Crippen molar-refractivity contribution in [2.75, 3.05) is 0 Å². The fourth-order valence-electron chi connectivity index (χ4n) is 14.8. The van der Waals surface area contributed by atoms with Crippen molar-refractivity contribution in [3.63, 3.8) is 0 Å². The van der Waals surface area contributed by atoms with Gasteiger partial charge in [-0.2, -0.15) is 0 Å². The molecule has 9 heterocycles. The fraction of sp³-hybridized carbons (Fsp3) is 0.310. The van der Waals surface area contributed by atoms with Crippen molar-refractivity contribution in [1.29, 1.82) is 0 Å². The molecule has 0 fully saturated rings. The first-order valence-electron chi connectivity index (χ1n) is 34.8. The molecule has 6 aliphatic rings. The van der Waals surface area contributed by atoms with E-state index in [9.17, 15) is 0 Å². The van der Waals surface area contributed by atoms with Gasteiger partial charge in [0.15, 0.2) is 0 Å². The number of hydrogen-bond donors (Lipinski definition) is 4. The molecule has 0 spiro atoms. The van der Waals surface area contributed by atoms with E-state index in [0.717, 1.165) is 233 Å². The number of aromatic nitrogens is 3. The van der Waals surface area contributed by atoms with Gasteiger partial charge in [0.1, 0.15) is 0 Å². The van der Waals surface area contributed by atoms with Gasteiger partial charge < -0.3 is 20.3 Å². The number of aryl methyl sites for hydroxylation is 3. The lowest BCUT2D eigenvalue weighted by Gasteiger charge is -2.19. The van der Waals surface area contributed by atoms with Crippen molar-refractivity contribution in [2.45, 2.75) is 171 Å². The van der Waals surface area contributed by atoms with Crippen molar-refractivity contribution in [1.82, 2.24) is 20.3 Å². The molecule has 8 nitrogen and oxygen atoms in total. The number of H-pyrrole nitrogens is 3. The second-order valence-electron chi connectivity index (χ2n) is 25.7. The molecule has 13 rings (SSSR count). The van der Waals surface area contributed by atoms with E-state index in [1.807, 2.05) is 0 Å². The van der Waals surface area contributed by atoms with Crippen molar-refractivity contribution < 1.29 is 0 Å². The summed E-state index contributed by atoms with van der Waals surface area (Å²) in [7, 11) is 0. The minimum Gasteiger partial charge on any atom is -0.376 e. The molecule has 8 heteroatoms. The zero-order chi connectivity index (χ0) is 63.2. The molecule has 0 amide bonds. The predicted molar refractivity (Wildman–Crippen MR) is 388 cm³/mol. The average Bonchev–Trinajstić information content (AvgIpc) is 1.62. The Morgan fingerprint density at radius 1 is 0.337 bits per heavy atom. The number of aliphatic imine (C=N–C) groups is 4. The molecule has 0 saturated heterocycles. The Bertz CT molecular complexity index is 4370. The third-order valence-electron chi connectivity index (χ3n) is 18.8. The monoisotopic (exact) mass is 1210 g/mol. The summed E-state index contributed by atoms with van der Waals surface area (Å²) < 4.78 is 0. The summed E-state index contributed by atoms with van der Waals surface area (Å²) >= 11 is 0. The quantitative estimate of drug-likeness (QED) is 0.0599. The number of fused-ring (bicyclic) bond motifs is 16. The second kappa shape index (κ2) is 27.8. The molecule has 92 heavy (non-hydrogen) atoms. The van der Waals surface area contributed by atoms with Crippen molar-refractivity contribution in [3.8, 4) is 11.4 Å². The first kappa shape index (κ1) is 61.7. The van der Waals surface area contributed by atoms with Crippen LogP contribution in [-0.4, -0.2) is 43.8 Å². The maximum Gasteiger partial charge on any atom is 0.0897 e.